The molecule has 0 heterocycles. The lowest BCUT2D eigenvalue weighted by molar-refractivity contribution is -0.427. The maximum Gasteiger partial charge on any atom is 0.252 e. The van der Waals surface area contributed by atoms with E-state index in [0.717, 1.165) is 16.9 Å². The molecule has 0 fully saturated rings. The van der Waals surface area contributed by atoms with Gasteiger partial charge in [0.15, 0.2) is 0 Å². The normalized spacial score (nSPS) is 11.5. The molecule has 0 atom stereocenters. The molecule has 0 bridgehead atoms. The second-order valence-electron chi connectivity index (χ2n) is 3.55. The van der Waals surface area contributed by atoms with Gasteiger partial charge in [-0.05, 0) is 25.5 Å². The van der Waals surface area contributed by atoms with Gasteiger partial charge in [-0.1, -0.05) is 36.4 Å². The molecule has 0 saturated heterocycles. The third kappa shape index (κ3) is 4.06. The minimum absolute atomic E-state index is 0.286. The van der Waals surface area contributed by atoms with Crippen molar-refractivity contribution >= 4 is 11.8 Å². The third-order valence-corrected chi connectivity index (χ3v) is 2.98. The first-order valence-electron chi connectivity index (χ1n) is 5.20. The van der Waals surface area contributed by atoms with Crippen LogP contribution in [-0.2, 0) is 0 Å². The van der Waals surface area contributed by atoms with E-state index in [4.69, 9.17) is 0 Å². The summed E-state index contributed by atoms with van der Waals surface area (Å²) in [5, 5.41) is 12.3. The molecule has 0 unspecified atom stereocenters. The molecule has 0 aromatic heterocycles. The molecule has 0 aliphatic heterocycles. The fourth-order valence-corrected chi connectivity index (χ4v) is 2.16. The van der Waals surface area contributed by atoms with E-state index in [2.05, 4.69) is 0 Å². The summed E-state index contributed by atoms with van der Waals surface area (Å²) in [5.74, 6) is 0. The predicted octanol–water partition coefficient (Wildman–Crippen LogP) is 4.01. The summed E-state index contributed by atoms with van der Waals surface area (Å²) in [6.45, 7) is 3.95. The number of hydrogen-bond donors (Lipinski definition) is 0. The van der Waals surface area contributed by atoms with Crippen LogP contribution >= 0.6 is 11.8 Å². The van der Waals surface area contributed by atoms with Crippen LogP contribution in [0.5, 0.6) is 0 Å². The highest BCUT2D eigenvalue weighted by Crippen LogP contribution is 2.23. The average molecular weight is 237 g/mol. The van der Waals surface area contributed by atoms with Crippen molar-refractivity contribution in [1.82, 2.24) is 0 Å². The number of allylic oxidation sites excluding steroid dienone is 1. The maximum absolute atomic E-state index is 10.7. The quantitative estimate of drug-likeness (QED) is 0.441. The first-order valence-corrected chi connectivity index (χ1v) is 6.08. The van der Waals surface area contributed by atoms with Gasteiger partial charge in [0.25, 0.3) is 5.70 Å². The van der Waals surface area contributed by atoms with Gasteiger partial charge in [0.1, 0.15) is 0 Å². The molecule has 0 aliphatic carbocycles. The molecule has 1 rings (SSSR count). The van der Waals surface area contributed by atoms with Crippen LogP contribution in [0, 0.1) is 17.0 Å². The van der Waals surface area contributed by atoms with Gasteiger partial charge >= 0.3 is 0 Å². The molecule has 0 saturated carbocycles. The van der Waals surface area contributed by atoms with Crippen molar-refractivity contribution in [2.75, 3.05) is 0 Å². The van der Waals surface area contributed by atoms with E-state index in [1.165, 1.54) is 11.8 Å². The van der Waals surface area contributed by atoms with Crippen molar-refractivity contribution in [2.24, 2.45) is 0 Å². The minimum atomic E-state index is -0.299. The predicted molar refractivity (Wildman–Crippen MR) is 67.0 cm³/mol. The van der Waals surface area contributed by atoms with E-state index in [9.17, 15) is 10.1 Å². The third-order valence-electron chi connectivity index (χ3n) is 2.06. The number of hydrogen-bond acceptors (Lipinski definition) is 3. The lowest BCUT2D eigenvalue weighted by Crippen LogP contribution is -1.97. The highest BCUT2D eigenvalue weighted by molar-refractivity contribution is 8.02. The Hall–Kier alpha value is -1.29. The van der Waals surface area contributed by atoms with Crippen LogP contribution in [0.1, 0.15) is 25.3 Å². The van der Waals surface area contributed by atoms with Crippen LogP contribution in [0.3, 0.4) is 0 Å². The summed E-state index contributed by atoms with van der Waals surface area (Å²) in [7, 11) is 0. The molecule has 0 amide bonds. The zero-order valence-electron chi connectivity index (χ0n) is 9.47. The SMILES string of the molecule is CCCC(=CSc1cccc(C)c1)[N+](=O)[O-]. The second-order valence-corrected chi connectivity index (χ2v) is 4.49. The van der Waals surface area contributed by atoms with E-state index in [1.54, 1.807) is 5.41 Å². The zero-order chi connectivity index (χ0) is 12.0. The van der Waals surface area contributed by atoms with Gasteiger partial charge in [0.05, 0.1) is 4.92 Å². The van der Waals surface area contributed by atoms with Crippen LogP contribution in [0.15, 0.2) is 40.3 Å². The Morgan fingerprint density at radius 3 is 2.88 bits per heavy atom. The summed E-state index contributed by atoms with van der Waals surface area (Å²) in [4.78, 5) is 11.4. The average Bonchev–Trinajstić information content (AvgIpc) is 2.24. The van der Waals surface area contributed by atoms with Gasteiger partial charge < -0.3 is 0 Å². The van der Waals surface area contributed by atoms with Gasteiger partial charge in [-0.3, -0.25) is 10.1 Å². The fraction of sp³-hybridized carbons (Fsp3) is 0.333. The maximum atomic E-state index is 10.7. The Labute approximate surface area is 99.7 Å². The summed E-state index contributed by atoms with van der Waals surface area (Å²) < 4.78 is 0. The van der Waals surface area contributed by atoms with Gasteiger partial charge in [-0.2, -0.15) is 0 Å². The van der Waals surface area contributed by atoms with Crippen LogP contribution in [-0.4, -0.2) is 4.92 Å². The van der Waals surface area contributed by atoms with Gasteiger partial charge in [0, 0.05) is 16.7 Å². The number of rotatable bonds is 5. The summed E-state index contributed by atoms with van der Waals surface area (Å²) in [6.07, 6.45) is 1.31. The fourth-order valence-electron chi connectivity index (χ4n) is 1.27. The topological polar surface area (TPSA) is 43.1 Å². The van der Waals surface area contributed by atoms with Crippen LogP contribution in [0.4, 0.5) is 0 Å². The van der Waals surface area contributed by atoms with E-state index in [0.29, 0.717) is 6.42 Å². The molecular weight excluding hydrogens is 222 g/mol. The summed E-state index contributed by atoms with van der Waals surface area (Å²) >= 11 is 1.41. The first-order chi connectivity index (χ1) is 7.63. The van der Waals surface area contributed by atoms with Crippen molar-refractivity contribution in [3.63, 3.8) is 0 Å². The summed E-state index contributed by atoms with van der Waals surface area (Å²) in [5.41, 5.74) is 1.45. The molecule has 1 aromatic carbocycles. The van der Waals surface area contributed by atoms with Gasteiger partial charge in [-0.15, -0.1) is 0 Å². The lowest BCUT2D eigenvalue weighted by atomic mass is 10.2. The Bertz CT molecular complexity index is 402. The number of thioether (sulfide) groups is 1. The van der Waals surface area contributed by atoms with Crippen molar-refractivity contribution in [3.05, 3.63) is 51.0 Å². The van der Waals surface area contributed by atoms with Gasteiger partial charge in [0.2, 0.25) is 0 Å². The molecular formula is C12H15NO2S. The van der Waals surface area contributed by atoms with Crippen molar-refractivity contribution < 1.29 is 4.92 Å². The van der Waals surface area contributed by atoms with Crippen LogP contribution in [0.2, 0.25) is 0 Å². The molecule has 0 radical (unpaired) electrons. The first kappa shape index (κ1) is 12.8. The number of aryl methyl sites for hydroxylation is 1. The molecule has 3 nitrogen and oxygen atoms in total. The Balaban J connectivity index is 2.73. The molecule has 86 valence electrons. The standard InChI is InChI=1S/C12H15NO2S/c1-3-5-11(13(14)15)9-16-12-7-4-6-10(2)8-12/h4,6-9H,3,5H2,1-2H3. The zero-order valence-corrected chi connectivity index (χ0v) is 10.3. The Kier molecular flexibility index (Phi) is 5.05. The molecule has 1 aromatic rings. The molecule has 0 aliphatic rings. The largest absolute Gasteiger partial charge is 0.259 e. The van der Waals surface area contributed by atoms with Crippen LogP contribution in [0.25, 0.3) is 0 Å². The van der Waals surface area contributed by atoms with Crippen LogP contribution < -0.4 is 0 Å². The highest BCUT2D eigenvalue weighted by atomic mass is 32.2. The smallest absolute Gasteiger partial charge is 0.252 e. The number of benzene rings is 1. The minimum Gasteiger partial charge on any atom is -0.259 e. The van der Waals surface area contributed by atoms with Crippen molar-refractivity contribution in [1.29, 1.82) is 0 Å². The molecule has 0 N–H and O–H groups in total. The lowest BCUT2D eigenvalue weighted by Gasteiger charge is -1.99. The van der Waals surface area contributed by atoms with E-state index in [-0.39, 0.29) is 10.6 Å². The second kappa shape index (κ2) is 6.33. The van der Waals surface area contributed by atoms with Crippen molar-refractivity contribution in [2.45, 2.75) is 31.6 Å². The van der Waals surface area contributed by atoms with E-state index >= 15 is 0 Å². The number of nitrogens with zero attached hydrogens (tertiary/aromatic N) is 1. The van der Waals surface area contributed by atoms with E-state index < -0.39 is 0 Å². The van der Waals surface area contributed by atoms with Gasteiger partial charge in [-0.25, -0.2) is 0 Å². The molecule has 4 heteroatoms. The highest BCUT2D eigenvalue weighted by Gasteiger charge is 2.08. The summed E-state index contributed by atoms with van der Waals surface area (Å²) in [6, 6.07) is 7.94. The number of nitro groups is 1. The van der Waals surface area contributed by atoms with Crippen molar-refractivity contribution in [3.8, 4) is 0 Å². The Morgan fingerprint density at radius 2 is 2.31 bits per heavy atom. The molecule has 16 heavy (non-hydrogen) atoms. The monoisotopic (exact) mass is 237 g/mol. The van der Waals surface area contributed by atoms with E-state index in [1.807, 2.05) is 38.1 Å². The molecule has 0 spiro atoms. The Morgan fingerprint density at radius 1 is 1.56 bits per heavy atom.